The standard InChI is InChI=1S/C33H38N6O7/c1-20-6-8-24(9-7-20)18-35-30(41)28(36-32(43)29(22(3)40)37-31(42)27-16-21(2)46-38-27)19-45-26-14-11-23(12-15-26)10-13-25(17-34)33(44)39(4)5/h6-9,11-16,22,28-29,40H,10,18-19H2,1-5H3,(H,35,41)(H,36,43)(H,37,42)/b25-13+/t22-,28+,29+/m1/s1. The number of allylic oxidation sites excluding steroid dienone is 1. The maximum Gasteiger partial charge on any atom is 0.274 e. The highest BCUT2D eigenvalue weighted by Crippen LogP contribution is 2.15. The molecule has 0 saturated heterocycles. The maximum absolute atomic E-state index is 13.3. The molecule has 13 nitrogen and oxygen atoms in total. The average Bonchev–Trinajstić information content (AvgIpc) is 3.48. The highest BCUT2D eigenvalue weighted by Gasteiger charge is 2.31. The van der Waals surface area contributed by atoms with Gasteiger partial charge in [0, 0.05) is 26.7 Å². The summed E-state index contributed by atoms with van der Waals surface area (Å²) in [7, 11) is 3.14. The quantitative estimate of drug-likeness (QED) is 0.152. The van der Waals surface area contributed by atoms with E-state index in [-0.39, 0.29) is 30.3 Å². The molecule has 13 heteroatoms. The summed E-state index contributed by atoms with van der Waals surface area (Å²) in [6.07, 6.45) is 0.567. The second-order valence-corrected chi connectivity index (χ2v) is 10.9. The van der Waals surface area contributed by atoms with Gasteiger partial charge >= 0.3 is 0 Å². The highest BCUT2D eigenvalue weighted by molar-refractivity contribution is 5.98. The molecule has 0 unspecified atom stereocenters. The fourth-order valence-corrected chi connectivity index (χ4v) is 4.10. The van der Waals surface area contributed by atoms with Crippen LogP contribution in [0.4, 0.5) is 0 Å². The zero-order valence-corrected chi connectivity index (χ0v) is 26.4. The van der Waals surface area contributed by atoms with Crippen molar-refractivity contribution in [1.82, 2.24) is 26.0 Å². The van der Waals surface area contributed by atoms with Crippen LogP contribution in [-0.2, 0) is 27.3 Å². The number of rotatable bonds is 14. The number of likely N-dealkylation sites (N-methyl/N-ethyl adjacent to an activating group) is 1. The smallest absolute Gasteiger partial charge is 0.274 e. The van der Waals surface area contributed by atoms with Crippen molar-refractivity contribution in [1.29, 1.82) is 5.26 Å². The Balaban J connectivity index is 1.72. The van der Waals surface area contributed by atoms with Gasteiger partial charge in [0.2, 0.25) is 11.8 Å². The summed E-state index contributed by atoms with van der Waals surface area (Å²) in [6, 6.07) is 15.1. The summed E-state index contributed by atoms with van der Waals surface area (Å²) in [5, 5.41) is 31.0. The van der Waals surface area contributed by atoms with Crippen LogP contribution in [0.1, 0.15) is 39.9 Å². The van der Waals surface area contributed by atoms with Crippen molar-refractivity contribution >= 4 is 23.6 Å². The minimum absolute atomic E-state index is 0.0309. The van der Waals surface area contributed by atoms with Crippen LogP contribution in [0.5, 0.6) is 5.75 Å². The molecule has 0 aliphatic rings. The van der Waals surface area contributed by atoms with Crippen molar-refractivity contribution in [2.24, 2.45) is 0 Å². The molecule has 3 aromatic rings. The minimum atomic E-state index is -1.41. The number of aromatic nitrogens is 1. The monoisotopic (exact) mass is 630 g/mol. The van der Waals surface area contributed by atoms with Crippen molar-refractivity contribution in [2.45, 2.75) is 51.9 Å². The van der Waals surface area contributed by atoms with Crippen LogP contribution in [0, 0.1) is 25.2 Å². The van der Waals surface area contributed by atoms with Crippen molar-refractivity contribution in [2.75, 3.05) is 20.7 Å². The first-order valence-electron chi connectivity index (χ1n) is 14.5. The fraction of sp³-hybridized carbons (Fsp3) is 0.333. The van der Waals surface area contributed by atoms with Gasteiger partial charge in [-0.05, 0) is 50.5 Å². The van der Waals surface area contributed by atoms with Crippen LogP contribution < -0.4 is 20.7 Å². The first-order valence-corrected chi connectivity index (χ1v) is 14.5. The number of aryl methyl sites for hydroxylation is 2. The number of amides is 4. The lowest BCUT2D eigenvalue weighted by Gasteiger charge is -2.24. The maximum atomic E-state index is 13.3. The number of aliphatic hydroxyl groups excluding tert-OH is 1. The molecular weight excluding hydrogens is 592 g/mol. The average molecular weight is 631 g/mol. The summed E-state index contributed by atoms with van der Waals surface area (Å²) in [4.78, 5) is 52.6. The molecule has 4 amide bonds. The van der Waals surface area contributed by atoms with E-state index in [0.29, 0.717) is 17.9 Å². The number of aliphatic hydroxyl groups is 1. The van der Waals surface area contributed by atoms with Gasteiger partial charge in [-0.2, -0.15) is 5.26 Å². The van der Waals surface area contributed by atoms with Crippen LogP contribution >= 0.6 is 0 Å². The first-order chi connectivity index (χ1) is 21.9. The summed E-state index contributed by atoms with van der Waals surface area (Å²) in [5.74, 6) is -1.70. The summed E-state index contributed by atoms with van der Waals surface area (Å²) in [6.45, 7) is 4.80. The molecule has 0 aliphatic carbocycles. The zero-order valence-electron chi connectivity index (χ0n) is 26.4. The van der Waals surface area contributed by atoms with E-state index in [1.165, 1.54) is 17.9 Å². The third-order valence-corrected chi connectivity index (χ3v) is 6.77. The van der Waals surface area contributed by atoms with Crippen LogP contribution in [0.2, 0.25) is 0 Å². The Hall–Kier alpha value is -5.48. The number of carbonyl (C=O) groups is 4. The molecule has 3 atom stereocenters. The summed E-state index contributed by atoms with van der Waals surface area (Å²) < 4.78 is 10.8. The number of hydrogen-bond donors (Lipinski definition) is 4. The molecule has 0 spiro atoms. The van der Waals surface area contributed by atoms with Gasteiger partial charge in [-0.1, -0.05) is 53.2 Å². The number of nitrogens with one attached hydrogen (secondary N) is 3. The second-order valence-electron chi connectivity index (χ2n) is 10.9. The Bertz CT molecular complexity index is 1590. The largest absolute Gasteiger partial charge is 0.491 e. The second kappa shape index (κ2) is 16.6. The van der Waals surface area contributed by atoms with Crippen molar-refractivity contribution in [3.8, 4) is 11.8 Å². The van der Waals surface area contributed by atoms with Gasteiger partial charge < -0.3 is 35.2 Å². The zero-order chi connectivity index (χ0) is 33.8. The molecule has 0 radical (unpaired) electrons. The van der Waals surface area contributed by atoms with Crippen molar-refractivity contribution < 1.29 is 33.5 Å². The Morgan fingerprint density at radius 1 is 1.02 bits per heavy atom. The van der Waals surface area contributed by atoms with Gasteiger partial charge in [-0.15, -0.1) is 0 Å². The molecule has 2 aromatic carbocycles. The fourth-order valence-electron chi connectivity index (χ4n) is 4.10. The van der Waals surface area contributed by atoms with Gasteiger partial charge in [-0.25, -0.2) is 0 Å². The molecule has 46 heavy (non-hydrogen) atoms. The van der Waals surface area contributed by atoms with E-state index in [1.54, 1.807) is 51.4 Å². The molecule has 0 saturated carbocycles. The molecule has 4 N–H and O–H groups in total. The SMILES string of the molecule is Cc1ccc(CNC(=O)[C@H](COc2ccc(C/C=C(\C#N)C(=O)N(C)C)cc2)NC(=O)[C@@H](NC(=O)c2cc(C)on2)[C@@H](C)O)cc1. The van der Waals surface area contributed by atoms with Gasteiger partial charge in [-0.3, -0.25) is 19.2 Å². The Morgan fingerprint density at radius 3 is 2.24 bits per heavy atom. The molecule has 3 rings (SSSR count). The van der Waals surface area contributed by atoms with E-state index in [0.717, 1.165) is 16.7 Å². The van der Waals surface area contributed by atoms with E-state index < -0.39 is 35.9 Å². The van der Waals surface area contributed by atoms with Crippen LogP contribution in [0.25, 0.3) is 0 Å². The first kappa shape index (κ1) is 35.0. The van der Waals surface area contributed by atoms with E-state index in [4.69, 9.17) is 9.26 Å². The summed E-state index contributed by atoms with van der Waals surface area (Å²) >= 11 is 0. The van der Waals surface area contributed by atoms with E-state index in [1.807, 2.05) is 37.3 Å². The minimum Gasteiger partial charge on any atom is -0.491 e. The van der Waals surface area contributed by atoms with Crippen LogP contribution in [-0.4, -0.2) is 77.7 Å². The topological polar surface area (TPSA) is 187 Å². The molecule has 1 aromatic heterocycles. The Kier molecular flexibility index (Phi) is 12.6. The number of nitrogens with zero attached hydrogens (tertiary/aromatic N) is 3. The van der Waals surface area contributed by atoms with Crippen molar-refractivity contribution in [3.05, 3.63) is 94.4 Å². The predicted molar refractivity (Wildman–Crippen MR) is 167 cm³/mol. The Morgan fingerprint density at radius 2 is 1.67 bits per heavy atom. The lowest BCUT2D eigenvalue weighted by Crippen LogP contribution is -2.58. The number of benzene rings is 2. The molecule has 1 heterocycles. The molecule has 0 fully saturated rings. The molecular formula is C33H38N6O7. The van der Waals surface area contributed by atoms with Gasteiger partial charge in [0.15, 0.2) is 5.69 Å². The number of carbonyl (C=O) groups excluding carboxylic acids is 4. The number of nitriles is 1. The van der Waals surface area contributed by atoms with Crippen LogP contribution in [0.3, 0.4) is 0 Å². The number of hydrogen-bond acceptors (Lipinski definition) is 9. The lowest BCUT2D eigenvalue weighted by molar-refractivity contribution is -0.132. The predicted octanol–water partition coefficient (Wildman–Crippen LogP) is 1.73. The third kappa shape index (κ3) is 10.3. The molecule has 0 bridgehead atoms. The highest BCUT2D eigenvalue weighted by atomic mass is 16.5. The van der Waals surface area contributed by atoms with E-state index in [9.17, 15) is 29.5 Å². The lowest BCUT2D eigenvalue weighted by atomic mass is 10.1. The summed E-state index contributed by atoms with van der Waals surface area (Å²) in [5.41, 5.74) is 2.68. The number of ether oxygens (including phenoxy) is 1. The van der Waals surface area contributed by atoms with Crippen molar-refractivity contribution in [3.63, 3.8) is 0 Å². The normalized spacial score (nSPS) is 13.0. The third-order valence-electron chi connectivity index (χ3n) is 6.77. The van der Waals surface area contributed by atoms with Gasteiger partial charge in [0.25, 0.3) is 11.8 Å². The van der Waals surface area contributed by atoms with E-state index in [2.05, 4.69) is 21.1 Å². The Labute approximate surface area is 267 Å². The molecule has 242 valence electrons. The van der Waals surface area contributed by atoms with Crippen LogP contribution in [0.15, 0.2) is 70.8 Å². The molecule has 0 aliphatic heterocycles. The van der Waals surface area contributed by atoms with Gasteiger partial charge in [0.1, 0.15) is 41.8 Å². The van der Waals surface area contributed by atoms with E-state index >= 15 is 0 Å². The van der Waals surface area contributed by atoms with Gasteiger partial charge in [0.05, 0.1) is 6.10 Å².